The second-order valence-corrected chi connectivity index (χ2v) is 11.6. The van der Waals surface area contributed by atoms with Gasteiger partial charge in [-0.1, -0.05) is 30.3 Å². The standard InChI is InChI=1S/C32H30ClFN8O2/c1-3-26(43)40-10-12-41(13-11-40)31-21-14-23(33)28(27-19(2)7-8-24-22(27)15-36-39-24)29(34)30(21)37-32(38-31)44-18-20-16-42(17-20)25-6-4-5-9-35-25/h3-9,14-15,20H,1,10-13,16-18H2,2H3,(H,36,39). The summed E-state index contributed by atoms with van der Waals surface area (Å²) in [5, 5.41) is 8.60. The minimum Gasteiger partial charge on any atom is -0.463 e. The second-order valence-electron chi connectivity index (χ2n) is 11.1. The molecule has 3 aromatic heterocycles. The average Bonchev–Trinajstić information content (AvgIpc) is 3.50. The SMILES string of the molecule is C=CC(=O)N1CCN(c2nc(OCC3CN(c4ccccn4)C3)nc3c(F)c(-c4c(C)ccc5[nH]ncc45)c(Cl)cc23)CC1. The fraction of sp³-hybridized carbons (Fsp3) is 0.281. The first-order chi connectivity index (χ1) is 21.4. The first-order valence-electron chi connectivity index (χ1n) is 14.5. The first kappa shape index (κ1) is 28.0. The highest BCUT2D eigenvalue weighted by molar-refractivity contribution is 6.35. The molecule has 1 N–H and O–H groups in total. The van der Waals surface area contributed by atoms with Crippen molar-refractivity contribution in [3.63, 3.8) is 0 Å². The molecule has 0 atom stereocenters. The topological polar surface area (TPSA) is 103 Å². The Morgan fingerprint density at radius 1 is 1.11 bits per heavy atom. The summed E-state index contributed by atoms with van der Waals surface area (Å²) in [6.07, 6.45) is 4.77. The number of nitrogens with zero attached hydrogens (tertiary/aromatic N) is 7. The van der Waals surface area contributed by atoms with Crippen molar-refractivity contribution in [2.24, 2.45) is 5.92 Å². The molecule has 2 fully saturated rings. The number of aryl methyl sites for hydroxylation is 1. The lowest BCUT2D eigenvalue weighted by atomic mass is 9.95. The third-order valence-electron chi connectivity index (χ3n) is 8.37. The number of amides is 1. The van der Waals surface area contributed by atoms with Gasteiger partial charge in [-0.05, 0) is 42.8 Å². The number of aromatic nitrogens is 5. The van der Waals surface area contributed by atoms with E-state index in [-0.39, 0.29) is 33.9 Å². The van der Waals surface area contributed by atoms with Crippen LogP contribution in [0.15, 0.2) is 61.4 Å². The minimum atomic E-state index is -0.553. The third-order valence-corrected chi connectivity index (χ3v) is 8.67. The van der Waals surface area contributed by atoms with Crippen LogP contribution in [0.25, 0.3) is 32.9 Å². The summed E-state index contributed by atoms with van der Waals surface area (Å²) in [6.45, 7) is 9.44. The zero-order chi connectivity index (χ0) is 30.4. The molecule has 0 aliphatic carbocycles. The molecule has 5 heterocycles. The normalized spacial score (nSPS) is 15.6. The molecular formula is C32H30ClFN8O2. The second kappa shape index (κ2) is 11.4. The number of halogens is 2. The van der Waals surface area contributed by atoms with Crippen LogP contribution in [0, 0.1) is 18.7 Å². The Balaban J connectivity index is 1.25. The molecular weight excluding hydrogens is 583 g/mol. The van der Waals surface area contributed by atoms with Crippen molar-refractivity contribution in [2.45, 2.75) is 6.92 Å². The number of piperazine rings is 1. The molecule has 1 amide bonds. The fourth-order valence-corrected chi connectivity index (χ4v) is 6.30. The Labute approximate surface area is 258 Å². The van der Waals surface area contributed by atoms with E-state index in [0.717, 1.165) is 35.4 Å². The van der Waals surface area contributed by atoms with Gasteiger partial charge < -0.3 is 19.4 Å². The van der Waals surface area contributed by atoms with Gasteiger partial charge in [0.2, 0.25) is 5.91 Å². The molecule has 12 heteroatoms. The van der Waals surface area contributed by atoms with Gasteiger partial charge in [-0.15, -0.1) is 0 Å². The van der Waals surface area contributed by atoms with Crippen molar-refractivity contribution < 1.29 is 13.9 Å². The maximum Gasteiger partial charge on any atom is 0.319 e. The lowest BCUT2D eigenvalue weighted by molar-refractivity contribution is -0.126. The summed E-state index contributed by atoms with van der Waals surface area (Å²) >= 11 is 6.86. The van der Waals surface area contributed by atoms with Crippen molar-refractivity contribution in [1.29, 1.82) is 0 Å². The molecule has 0 spiro atoms. The van der Waals surface area contributed by atoms with Gasteiger partial charge in [-0.3, -0.25) is 9.89 Å². The van der Waals surface area contributed by atoms with Gasteiger partial charge in [-0.25, -0.2) is 9.37 Å². The molecule has 0 saturated carbocycles. The monoisotopic (exact) mass is 612 g/mol. The summed E-state index contributed by atoms with van der Waals surface area (Å²) < 4.78 is 22.9. The number of carbonyl (C=O) groups is 1. The van der Waals surface area contributed by atoms with Crippen LogP contribution in [0.4, 0.5) is 16.0 Å². The zero-order valence-electron chi connectivity index (χ0n) is 24.1. The number of benzene rings is 2. The molecule has 0 unspecified atom stereocenters. The van der Waals surface area contributed by atoms with Crippen LogP contribution in [0.5, 0.6) is 6.01 Å². The number of rotatable bonds is 7. The number of anilines is 2. The van der Waals surface area contributed by atoms with E-state index in [0.29, 0.717) is 49.6 Å². The van der Waals surface area contributed by atoms with Gasteiger partial charge in [0.25, 0.3) is 0 Å². The quantitative estimate of drug-likeness (QED) is 0.256. The molecule has 2 aliphatic rings. The van der Waals surface area contributed by atoms with Crippen LogP contribution in [-0.4, -0.2) is 81.8 Å². The van der Waals surface area contributed by atoms with Gasteiger partial charge in [0.05, 0.1) is 23.3 Å². The van der Waals surface area contributed by atoms with E-state index in [1.807, 2.05) is 42.2 Å². The third kappa shape index (κ3) is 4.96. The van der Waals surface area contributed by atoms with Gasteiger partial charge in [0, 0.05) is 73.3 Å². The van der Waals surface area contributed by atoms with E-state index in [2.05, 4.69) is 31.6 Å². The first-order valence-corrected chi connectivity index (χ1v) is 14.9. The lowest BCUT2D eigenvalue weighted by Gasteiger charge is -2.39. The highest BCUT2D eigenvalue weighted by Gasteiger charge is 2.30. The molecule has 2 aliphatic heterocycles. The minimum absolute atomic E-state index is 0.0961. The van der Waals surface area contributed by atoms with Crippen molar-refractivity contribution in [3.05, 3.63) is 77.9 Å². The van der Waals surface area contributed by atoms with E-state index < -0.39 is 5.82 Å². The van der Waals surface area contributed by atoms with E-state index in [4.69, 9.17) is 21.3 Å². The highest BCUT2D eigenvalue weighted by atomic mass is 35.5. The van der Waals surface area contributed by atoms with Gasteiger partial charge in [0.1, 0.15) is 17.2 Å². The van der Waals surface area contributed by atoms with E-state index >= 15 is 4.39 Å². The van der Waals surface area contributed by atoms with Crippen LogP contribution in [0.3, 0.4) is 0 Å². The lowest BCUT2D eigenvalue weighted by Crippen LogP contribution is -2.49. The van der Waals surface area contributed by atoms with Gasteiger partial charge in [-0.2, -0.15) is 15.1 Å². The summed E-state index contributed by atoms with van der Waals surface area (Å²) in [5.41, 5.74) is 2.67. The van der Waals surface area contributed by atoms with Crippen molar-refractivity contribution in [2.75, 3.05) is 55.7 Å². The Hall–Kier alpha value is -4.77. The number of carbonyl (C=O) groups excluding carboxylic acids is 1. The van der Waals surface area contributed by atoms with Crippen LogP contribution < -0.4 is 14.5 Å². The summed E-state index contributed by atoms with van der Waals surface area (Å²) in [7, 11) is 0. The van der Waals surface area contributed by atoms with Crippen LogP contribution in [0.1, 0.15) is 5.56 Å². The number of aromatic amines is 1. The Morgan fingerprint density at radius 2 is 1.93 bits per heavy atom. The number of nitrogens with one attached hydrogen (secondary N) is 1. The molecule has 224 valence electrons. The van der Waals surface area contributed by atoms with E-state index in [9.17, 15) is 4.79 Å². The van der Waals surface area contributed by atoms with Gasteiger partial charge >= 0.3 is 6.01 Å². The van der Waals surface area contributed by atoms with Crippen molar-refractivity contribution >= 4 is 50.9 Å². The predicted octanol–water partition coefficient (Wildman–Crippen LogP) is 5.02. The number of fused-ring (bicyclic) bond motifs is 2. The Morgan fingerprint density at radius 3 is 2.68 bits per heavy atom. The maximum absolute atomic E-state index is 16.7. The Bertz CT molecular complexity index is 1880. The molecule has 10 nitrogen and oxygen atoms in total. The van der Waals surface area contributed by atoms with Crippen LogP contribution in [0.2, 0.25) is 5.02 Å². The molecule has 2 saturated heterocycles. The molecule has 5 aromatic rings. The largest absolute Gasteiger partial charge is 0.463 e. The Kier molecular flexibility index (Phi) is 7.25. The van der Waals surface area contributed by atoms with E-state index in [1.165, 1.54) is 6.08 Å². The molecule has 44 heavy (non-hydrogen) atoms. The van der Waals surface area contributed by atoms with Crippen LogP contribution >= 0.6 is 11.6 Å². The average molecular weight is 613 g/mol. The zero-order valence-corrected chi connectivity index (χ0v) is 24.9. The number of pyridine rings is 1. The predicted molar refractivity (Wildman–Crippen MR) is 169 cm³/mol. The molecule has 7 rings (SSSR count). The number of ether oxygens (including phenoxy) is 1. The summed E-state index contributed by atoms with van der Waals surface area (Å²) in [5.74, 6) is 1.02. The maximum atomic E-state index is 16.7. The van der Waals surface area contributed by atoms with Crippen molar-refractivity contribution in [1.82, 2.24) is 30.0 Å². The smallest absolute Gasteiger partial charge is 0.319 e. The van der Waals surface area contributed by atoms with Gasteiger partial charge in [0.15, 0.2) is 5.82 Å². The highest BCUT2D eigenvalue weighted by Crippen LogP contribution is 2.42. The molecule has 0 bridgehead atoms. The summed E-state index contributed by atoms with van der Waals surface area (Å²) in [4.78, 5) is 31.9. The molecule has 0 radical (unpaired) electrons. The van der Waals surface area contributed by atoms with Crippen LogP contribution in [-0.2, 0) is 4.79 Å². The number of H-pyrrole nitrogens is 1. The summed E-state index contributed by atoms with van der Waals surface area (Å²) in [6, 6.07) is 11.5. The molecule has 2 aromatic carbocycles. The number of hydrogen-bond acceptors (Lipinski definition) is 8. The number of hydrogen-bond donors (Lipinski definition) is 1. The van der Waals surface area contributed by atoms with Crippen molar-refractivity contribution in [3.8, 4) is 17.1 Å². The van der Waals surface area contributed by atoms with E-state index in [1.54, 1.807) is 23.4 Å². The fourth-order valence-electron chi connectivity index (χ4n) is 6.02.